The van der Waals surface area contributed by atoms with Crippen LogP contribution in [0.3, 0.4) is 0 Å². The SMILES string of the molecule is CNCC[C@H](Oc1ccc(CN2CCN(C)c3ncncc3C2=O)c(C)c1)c1cccs1.S. The largest absolute Gasteiger partial charge is 0.485 e. The molecule has 0 saturated heterocycles. The van der Waals surface area contributed by atoms with Crippen LogP contribution in [0.1, 0.15) is 38.9 Å². The lowest BCUT2D eigenvalue weighted by Gasteiger charge is -2.23. The predicted molar refractivity (Wildman–Crippen MR) is 138 cm³/mol. The summed E-state index contributed by atoms with van der Waals surface area (Å²) in [5.74, 6) is 1.50. The monoisotopic (exact) mass is 485 g/mol. The molecule has 1 aliphatic heterocycles. The fourth-order valence-electron chi connectivity index (χ4n) is 3.88. The number of thiophene rings is 1. The van der Waals surface area contributed by atoms with Crippen molar-refractivity contribution in [3.63, 3.8) is 0 Å². The number of carbonyl (C=O) groups excluding carboxylic acids is 1. The van der Waals surface area contributed by atoms with Crippen molar-refractivity contribution in [3.05, 3.63) is 69.8 Å². The molecular weight excluding hydrogens is 454 g/mol. The molecule has 1 N–H and O–H groups in total. The van der Waals surface area contributed by atoms with Crippen LogP contribution in [0.5, 0.6) is 5.75 Å². The molecule has 1 atom stereocenters. The molecule has 33 heavy (non-hydrogen) atoms. The number of ether oxygens (including phenoxy) is 1. The maximum absolute atomic E-state index is 13.1. The summed E-state index contributed by atoms with van der Waals surface area (Å²) < 4.78 is 6.36. The number of rotatable bonds is 8. The summed E-state index contributed by atoms with van der Waals surface area (Å²) in [4.78, 5) is 26.6. The zero-order valence-corrected chi connectivity index (χ0v) is 21.1. The number of likely N-dealkylation sites (N-methyl/N-ethyl adjacent to an activating group) is 1. The maximum atomic E-state index is 13.1. The van der Waals surface area contributed by atoms with E-state index in [9.17, 15) is 4.79 Å². The van der Waals surface area contributed by atoms with Gasteiger partial charge in [0.05, 0.1) is 0 Å². The molecule has 0 bridgehead atoms. The lowest BCUT2D eigenvalue weighted by Crippen LogP contribution is -2.33. The average molecular weight is 486 g/mol. The van der Waals surface area contributed by atoms with Gasteiger partial charge in [-0.15, -0.1) is 11.3 Å². The van der Waals surface area contributed by atoms with Gasteiger partial charge in [0.15, 0.2) is 0 Å². The Kier molecular flexibility index (Phi) is 8.71. The third-order valence-corrected chi connectivity index (χ3v) is 6.71. The van der Waals surface area contributed by atoms with Gasteiger partial charge in [-0.3, -0.25) is 4.79 Å². The van der Waals surface area contributed by atoms with Gasteiger partial charge in [0.1, 0.15) is 29.6 Å². The zero-order chi connectivity index (χ0) is 22.5. The van der Waals surface area contributed by atoms with Crippen molar-refractivity contribution < 1.29 is 9.53 Å². The molecule has 3 aromatic rings. The van der Waals surface area contributed by atoms with E-state index in [1.54, 1.807) is 17.5 Å². The first-order chi connectivity index (χ1) is 15.6. The summed E-state index contributed by atoms with van der Waals surface area (Å²) in [6.07, 6.45) is 4.02. The first kappa shape index (κ1) is 25.0. The van der Waals surface area contributed by atoms with Crippen molar-refractivity contribution in [2.75, 3.05) is 38.6 Å². The third-order valence-electron chi connectivity index (χ3n) is 5.75. The van der Waals surface area contributed by atoms with Gasteiger partial charge in [0, 0.05) is 44.2 Å². The van der Waals surface area contributed by atoms with Crippen LogP contribution in [0.25, 0.3) is 0 Å². The zero-order valence-electron chi connectivity index (χ0n) is 19.2. The number of aromatic nitrogens is 2. The number of nitrogens with zero attached hydrogens (tertiary/aromatic N) is 4. The molecule has 2 aromatic heterocycles. The molecule has 0 saturated carbocycles. The Morgan fingerprint density at radius 3 is 2.85 bits per heavy atom. The summed E-state index contributed by atoms with van der Waals surface area (Å²) in [6.45, 7) is 4.86. The summed E-state index contributed by atoms with van der Waals surface area (Å²) in [7, 11) is 3.91. The van der Waals surface area contributed by atoms with E-state index in [0.717, 1.165) is 36.4 Å². The van der Waals surface area contributed by atoms with Gasteiger partial charge in [0.2, 0.25) is 0 Å². The number of benzene rings is 1. The Labute approximate surface area is 206 Å². The van der Waals surface area contributed by atoms with Crippen LogP contribution in [0.15, 0.2) is 48.2 Å². The molecule has 4 rings (SSSR count). The summed E-state index contributed by atoms with van der Waals surface area (Å²) in [5.41, 5.74) is 2.76. The molecule has 1 amide bonds. The van der Waals surface area contributed by atoms with Crippen molar-refractivity contribution in [2.45, 2.75) is 26.0 Å². The van der Waals surface area contributed by atoms with Gasteiger partial charge in [-0.1, -0.05) is 12.1 Å². The minimum absolute atomic E-state index is 0. The van der Waals surface area contributed by atoms with E-state index in [2.05, 4.69) is 51.9 Å². The Morgan fingerprint density at radius 2 is 2.12 bits per heavy atom. The van der Waals surface area contributed by atoms with Crippen LogP contribution in [-0.2, 0) is 6.54 Å². The number of carbonyl (C=O) groups is 1. The van der Waals surface area contributed by atoms with E-state index in [1.165, 1.54) is 11.2 Å². The van der Waals surface area contributed by atoms with Gasteiger partial charge >= 0.3 is 0 Å². The molecule has 0 spiro atoms. The maximum Gasteiger partial charge on any atom is 0.259 e. The van der Waals surface area contributed by atoms with E-state index in [-0.39, 0.29) is 25.5 Å². The normalized spacial score (nSPS) is 14.3. The summed E-state index contributed by atoms with van der Waals surface area (Å²) in [5, 5.41) is 5.29. The lowest BCUT2D eigenvalue weighted by atomic mass is 10.1. The van der Waals surface area contributed by atoms with E-state index >= 15 is 0 Å². The number of amides is 1. The van der Waals surface area contributed by atoms with Crippen molar-refractivity contribution in [1.82, 2.24) is 20.2 Å². The standard InChI is InChI=1S/C24H29N5O2S.H2S/c1-17-13-19(31-21(8-9-25-2)22-5-4-12-32-22)7-6-18(17)15-29-11-10-28(3)23-20(24(29)30)14-26-16-27-23;/h4-7,12-14,16,21,25H,8-11,15H2,1-3H3;1H2/t21-;/m0./s1. The van der Waals surface area contributed by atoms with Gasteiger partial charge in [-0.2, -0.15) is 13.5 Å². The number of anilines is 1. The Balaban J connectivity index is 0.00000306. The fraction of sp³-hybridized carbons (Fsp3) is 0.375. The van der Waals surface area contributed by atoms with Crippen LogP contribution in [-0.4, -0.2) is 54.5 Å². The Hall–Kier alpha value is -2.62. The van der Waals surface area contributed by atoms with Crippen molar-refractivity contribution in [3.8, 4) is 5.75 Å². The number of hydrogen-bond donors (Lipinski definition) is 1. The molecule has 176 valence electrons. The first-order valence-electron chi connectivity index (χ1n) is 10.8. The lowest BCUT2D eigenvalue weighted by molar-refractivity contribution is 0.0754. The molecule has 7 nitrogen and oxygen atoms in total. The second kappa shape index (κ2) is 11.5. The van der Waals surface area contributed by atoms with Crippen molar-refractivity contribution >= 4 is 36.6 Å². The smallest absolute Gasteiger partial charge is 0.259 e. The Bertz CT molecular complexity index is 1060. The topological polar surface area (TPSA) is 70.6 Å². The minimum atomic E-state index is -0.0329. The highest BCUT2D eigenvalue weighted by Gasteiger charge is 2.26. The van der Waals surface area contributed by atoms with E-state index in [4.69, 9.17) is 4.74 Å². The molecule has 0 aliphatic carbocycles. The highest BCUT2D eigenvalue weighted by Crippen LogP contribution is 2.30. The molecule has 9 heteroatoms. The number of fused-ring (bicyclic) bond motifs is 1. The van der Waals surface area contributed by atoms with Crippen LogP contribution in [0, 0.1) is 6.92 Å². The predicted octanol–water partition coefficient (Wildman–Crippen LogP) is 3.78. The highest BCUT2D eigenvalue weighted by atomic mass is 32.1. The number of aryl methyl sites for hydroxylation is 1. The van der Waals surface area contributed by atoms with Crippen LogP contribution < -0.4 is 15.0 Å². The molecule has 0 unspecified atom stereocenters. The van der Waals surface area contributed by atoms with Crippen LogP contribution >= 0.6 is 24.8 Å². The van der Waals surface area contributed by atoms with E-state index in [1.807, 2.05) is 30.0 Å². The third kappa shape index (κ3) is 5.85. The number of nitrogens with one attached hydrogen (secondary N) is 1. The second-order valence-corrected chi connectivity index (χ2v) is 8.99. The first-order valence-corrected chi connectivity index (χ1v) is 11.7. The molecule has 0 radical (unpaired) electrons. The molecule has 0 fully saturated rings. The Morgan fingerprint density at radius 1 is 1.27 bits per heavy atom. The molecular formula is C24H31N5O2S2. The van der Waals surface area contributed by atoms with Gasteiger partial charge < -0.3 is 19.9 Å². The van der Waals surface area contributed by atoms with E-state index in [0.29, 0.717) is 24.5 Å². The van der Waals surface area contributed by atoms with Crippen molar-refractivity contribution in [1.29, 1.82) is 0 Å². The van der Waals surface area contributed by atoms with Gasteiger partial charge in [-0.25, -0.2) is 9.97 Å². The molecule has 1 aromatic carbocycles. The summed E-state index contributed by atoms with van der Waals surface area (Å²) in [6, 6.07) is 10.3. The molecule has 3 heterocycles. The minimum Gasteiger partial charge on any atom is -0.485 e. The average Bonchev–Trinajstić information content (AvgIpc) is 3.31. The van der Waals surface area contributed by atoms with E-state index < -0.39 is 0 Å². The van der Waals surface area contributed by atoms with Crippen molar-refractivity contribution in [2.24, 2.45) is 0 Å². The molecule has 1 aliphatic rings. The van der Waals surface area contributed by atoms with Crippen LogP contribution in [0.2, 0.25) is 0 Å². The number of hydrogen-bond acceptors (Lipinski definition) is 7. The second-order valence-electron chi connectivity index (χ2n) is 8.01. The van der Waals surface area contributed by atoms with Gasteiger partial charge in [0.25, 0.3) is 5.91 Å². The summed E-state index contributed by atoms with van der Waals surface area (Å²) >= 11 is 1.72. The van der Waals surface area contributed by atoms with Crippen LogP contribution in [0.4, 0.5) is 5.82 Å². The highest BCUT2D eigenvalue weighted by molar-refractivity contribution is 7.59. The van der Waals surface area contributed by atoms with Gasteiger partial charge in [-0.05, 0) is 55.2 Å². The quantitative estimate of drug-likeness (QED) is 0.524. The fourth-order valence-corrected chi connectivity index (χ4v) is 4.66.